The summed E-state index contributed by atoms with van der Waals surface area (Å²) < 4.78 is 12.8. The molecule has 212 valence electrons. The highest BCUT2D eigenvalue weighted by Crippen LogP contribution is 2.34. The normalized spacial score (nSPS) is 13.7. The Hall–Kier alpha value is -4.88. The predicted octanol–water partition coefficient (Wildman–Crippen LogP) is 6.10. The average Bonchev–Trinajstić information content (AvgIpc) is 3.51. The Morgan fingerprint density at radius 1 is 0.714 bits per heavy atom. The second-order valence-corrected chi connectivity index (χ2v) is 10.3. The van der Waals surface area contributed by atoms with Crippen LogP contribution in [0.15, 0.2) is 115 Å². The van der Waals surface area contributed by atoms with Crippen LogP contribution in [0.1, 0.15) is 27.7 Å². The van der Waals surface area contributed by atoms with E-state index >= 15 is 0 Å². The zero-order valence-electron chi connectivity index (χ0n) is 23.9. The quantitative estimate of drug-likeness (QED) is 0.230. The lowest BCUT2D eigenvalue weighted by Crippen LogP contribution is -2.50. The van der Waals surface area contributed by atoms with Crippen LogP contribution in [0.2, 0.25) is 0 Å². The predicted molar refractivity (Wildman–Crippen MR) is 164 cm³/mol. The largest absolute Gasteiger partial charge is 0.497 e. The third kappa shape index (κ3) is 5.51. The lowest BCUT2D eigenvalue weighted by atomic mass is 9.96. The minimum Gasteiger partial charge on any atom is -0.497 e. The topological polar surface area (TPSA) is 59.8 Å². The van der Waals surface area contributed by atoms with Gasteiger partial charge in [-0.25, -0.2) is 4.68 Å². The molecule has 1 aliphatic heterocycles. The first-order valence-electron chi connectivity index (χ1n) is 14.2. The summed E-state index contributed by atoms with van der Waals surface area (Å²) in [5, 5.41) is 4.89. The molecule has 42 heavy (non-hydrogen) atoms. The van der Waals surface area contributed by atoms with Crippen LogP contribution in [0.25, 0.3) is 16.9 Å². The highest BCUT2D eigenvalue weighted by atomic mass is 16.5. The molecule has 0 saturated carbocycles. The lowest BCUT2D eigenvalue weighted by molar-refractivity contribution is 0.0588. The van der Waals surface area contributed by atoms with E-state index in [0.29, 0.717) is 36.0 Å². The van der Waals surface area contributed by atoms with Crippen molar-refractivity contribution in [2.24, 2.45) is 0 Å². The summed E-state index contributed by atoms with van der Waals surface area (Å²) in [6.07, 6.45) is 0. The van der Waals surface area contributed by atoms with Gasteiger partial charge in [0.05, 0.1) is 31.6 Å². The maximum Gasteiger partial charge on any atom is 0.272 e. The first kappa shape index (κ1) is 27.3. The molecule has 1 fully saturated rings. The van der Waals surface area contributed by atoms with Gasteiger partial charge in [-0.15, -0.1) is 0 Å². The third-order valence-electron chi connectivity index (χ3n) is 7.81. The van der Waals surface area contributed by atoms with Gasteiger partial charge in [-0.05, 0) is 41.5 Å². The van der Waals surface area contributed by atoms with Crippen molar-refractivity contribution < 1.29 is 14.3 Å². The number of aromatic nitrogens is 2. The standard InChI is InChI=1S/C35H34N4O3/c1-41-29-18-19-30(33(24-29)42-2)31-25-32(39(36-31)28-16-10-5-11-17-28)35(40)38-22-20-37(21-23-38)34(26-12-6-3-7-13-26)27-14-8-4-9-15-27/h3-19,24-25,34H,20-23H2,1-2H3. The van der Waals surface area contributed by atoms with E-state index in [1.54, 1.807) is 18.9 Å². The molecule has 6 rings (SSSR count). The van der Waals surface area contributed by atoms with Crippen LogP contribution in [0.3, 0.4) is 0 Å². The molecule has 0 bridgehead atoms. The number of carbonyl (C=O) groups is 1. The van der Waals surface area contributed by atoms with Crippen LogP contribution >= 0.6 is 0 Å². The summed E-state index contributed by atoms with van der Waals surface area (Å²) >= 11 is 0. The van der Waals surface area contributed by atoms with Gasteiger partial charge >= 0.3 is 0 Å². The molecule has 1 saturated heterocycles. The summed E-state index contributed by atoms with van der Waals surface area (Å²) in [6.45, 7) is 2.77. The molecule has 0 aliphatic carbocycles. The molecule has 7 heteroatoms. The molecule has 0 atom stereocenters. The van der Waals surface area contributed by atoms with Crippen molar-refractivity contribution in [1.29, 1.82) is 0 Å². The summed E-state index contributed by atoms with van der Waals surface area (Å²) in [4.78, 5) is 18.5. The number of nitrogens with zero attached hydrogens (tertiary/aromatic N) is 4. The van der Waals surface area contributed by atoms with E-state index in [-0.39, 0.29) is 11.9 Å². The van der Waals surface area contributed by atoms with Gasteiger partial charge < -0.3 is 14.4 Å². The number of rotatable bonds is 8. The zero-order chi connectivity index (χ0) is 28.9. The van der Waals surface area contributed by atoms with Crippen LogP contribution < -0.4 is 9.47 Å². The Kier molecular flexibility index (Phi) is 8.01. The Balaban J connectivity index is 1.29. The second kappa shape index (κ2) is 12.3. The smallest absolute Gasteiger partial charge is 0.272 e. The van der Waals surface area contributed by atoms with E-state index in [1.807, 2.05) is 71.6 Å². The van der Waals surface area contributed by atoms with Crippen molar-refractivity contribution in [3.63, 3.8) is 0 Å². The molecule has 1 amide bonds. The van der Waals surface area contributed by atoms with Crippen molar-refractivity contribution in [2.45, 2.75) is 6.04 Å². The Labute approximate surface area is 246 Å². The minimum atomic E-state index is -0.0410. The number of benzene rings is 4. The van der Waals surface area contributed by atoms with Crippen molar-refractivity contribution in [3.05, 3.63) is 132 Å². The molecular formula is C35H34N4O3. The number of para-hydroxylation sites is 1. The van der Waals surface area contributed by atoms with Gasteiger partial charge in [0, 0.05) is 37.8 Å². The lowest BCUT2D eigenvalue weighted by Gasteiger charge is -2.39. The molecule has 2 heterocycles. The van der Waals surface area contributed by atoms with Crippen molar-refractivity contribution in [1.82, 2.24) is 19.6 Å². The van der Waals surface area contributed by atoms with E-state index in [0.717, 1.165) is 24.3 Å². The second-order valence-electron chi connectivity index (χ2n) is 10.3. The number of methoxy groups -OCH3 is 2. The maximum absolute atomic E-state index is 14.1. The maximum atomic E-state index is 14.1. The fraction of sp³-hybridized carbons (Fsp3) is 0.200. The van der Waals surface area contributed by atoms with Crippen LogP contribution in [0.5, 0.6) is 11.5 Å². The molecule has 0 spiro atoms. The Morgan fingerprint density at radius 2 is 1.31 bits per heavy atom. The van der Waals surface area contributed by atoms with Crippen LogP contribution in [0.4, 0.5) is 0 Å². The first-order valence-corrected chi connectivity index (χ1v) is 14.2. The summed E-state index contributed by atoms with van der Waals surface area (Å²) in [5.41, 5.74) is 5.30. The van der Waals surface area contributed by atoms with E-state index in [9.17, 15) is 4.79 Å². The van der Waals surface area contributed by atoms with Gasteiger partial charge in [0.2, 0.25) is 0 Å². The van der Waals surface area contributed by atoms with E-state index in [1.165, 1.54) is 11.1 Å². The SMILES string of the molecule is COc1ccc(-c2cc(C(=O)N3CCN(C(c4ccccc4)c4ccccc4)CC3)n(-c3ccccc3)n2)c(OC)c1. The summed E-state index contributed by atoms with van der Waals surface area (Å²) in [6, 6.07) is 38.6. The fourth-order valence-corrected chi connectivity index (χ4v) is 5.67. The van der Waals surface area contributed by atoms with Gasteiger partial charge in [-0.1, -0.05) is 78.9 Å². The molecule has 5 aromatic rings. The minimum absolute atomic E-state index is 0.0410. The highest BCUT2D eigenvalue weighted by Gasteiger charge is 2.30. The van der Waals surface area contributed by atoms with Crippen LogP contribution in [0, 0.1) is 0 Å². The van der Waals surface area contributed by atoms with Crippen LogP contribution in [-0.4, -0.2) is 65.9 Å². The fourth-order valence-electron chi connectivity index (χ4n) is 5.67. The molecule has 0 unspecified atom stereocenters. The third-order valence-corrected chi connectivity index (χ3v) is 7.81. The van der Waals surface area contributed by atoms with Crippen molar-refractivity contribution in [3.8, 4) is 28.4 Å². The molecule has 4 aromatic carbocycles. The van der Waals surface area contributed by atoms with Gasteiger partial charge in [-0.2, -0.15) is 5.10 Å². The number of carbonyl (C=O) groups excluding carboxylic acids is 1. The van der Waals surface area contributed by atoms with Crippen molar-refractivity contribution >= 4 is 5.91 Å². The first-order chi connectivity index (χ1) is 20.7. The van der Waals surface area contributed by atoms with Gasteiger partial charge in [0.1, 0.15) is 17.2 Å². The number of ether oxygens (including phenoxy) is 2. The molecule has 0 N–H and O–H groups in total. The van der Waals surface area contributed by atoms with E-state index in [4.69, 9.17) is 14.6 Å². The van der Waals surface area contributed by atoms with Gasteiger partial charge in [0.15, 0.2) is 0 Å². The Bertz CT molecular complexity index is 1590. The molecule has 1 aromatic heterocycles. The molecule has 0 radical (unpaired) electrons. The van der Waals surface area contributed by atoms with Gasteiger partial charge in [0.25, 0.3) is 5.91 Å². The van der Waals surface area contributed by atoms with Crippen LogP contribution in [-0.2, 0) is 0 Å². The number of hydrogen-bond donors (Lipinski definition) is 0. The highest BCUT2D eigenvalue weighted by molar-refractivity contribution is 5.94. The summed E-state index contributed by atoms with van der Waals surface area (Å²) in [7, 11) is 3.24. The van der Waals surface area contributed by atoms with Gasteiger partial charge in [-0.3, -0.25) is 9.69 Å². The van der Waals surface area contributed by atoms with Crippen molar-refractivity contribution in [2.75, 3.05) is 40.4 Å². The van der Waals surface area contributed by atoms with E-state index in [2.05, 4.69) is 53.4 Å². The average molecular weight is 559 g/mol. The zero-order valence-corrected chi connectivity index (χ0v) is 23.9. The molecular weight excluding hydrogens is 524 g/mol. The monoisotopic (exact) mass is 558 g/mol. The summed E-state index contributed by atoms with van der Waals surface area (Å²) in [5.74, 6) is 1.28. The number of amides is 1. The molecule has 7 nitrogen and oxygen atoms in total. The Morgan fingerprint density at radius 3 is 1.88 bits per heavy atom. The number of piperazine rings is 1. The molecule has 1 aliphatic rings. The van der Waals surface area contributed by atoms with E-state index < -0.39 is 0 Å². The number of hydrogen-bond acceptors (Lipinski definition) is 5.